The first kappa shape index (κ1) is 5.96. The summed E-state index contributed by atoms with van der Waals surface area (Å²) in [7, 11) is 0. The number of hydrogen-bond acceptors (Lipinski definition) is 1. The maximum atomic E-state index is 5.24. The Morgan fingerprint density at radius 2 is 1.83 bits per heavy atom. The van der Waals surface area contributed by atoms with Crippen LogP contribution < -0.4 is 5.73 Å². The molecule has 0 unspecified atom stereocenters. The van der Waals surface area contributed by atoms with Gasteiger partial charge in [0.05, 0.1) is 0 Å². The summed E-state index contributed by atoms with van der Waals surface area (Å²) in [5, 5.41) is 0. The molecule has 1 heteroatoms. The lowest BCUT2D eigenvalue weighted by molar-refractivity contribution is 0.490. The van der Waals surface area contributed by atoms with Crippen molar-refractivity contribution in [3.63, 3.8) is 0 Å². The Bertz CT molecular complexity index is 33.7. The van der Waals surface area contributed by atoms with Gasteiger partial charge in [-0.15, -0.1) is 0 Å². The predicted molar refractivity (Wildman–Crippen MR) is 28.2 cm³/mol. The minimum Gasteiger partial charge on any atom is -0.330 e. The molecule has 0 fully saturated rings. The molecule has 0 aromatic carbocycles. The molecule has 0 aliphatic heterocycles. The normalized spacial score (nSPS) is 12.0. The molecule has 0 aliphatic carbocycles. The van der Waals surface area contributed by atoms with Crippen LogP contribution in [0.25, 0.3) is 0 Å². The molecule has 0 rings (SSSR count). The molecule has 0 spiro atoms. The van der Waals surface area contributed by atoms with Crippen LogP contribution in [0.15, 0.2) is 0 Å². The van der Waals surface area contributed by atoms with Gasteiger partial charge in [0.1, 0.15) is 0 Å². The third-order valence-electron chi connectivity index (χ3n) is 0.553. The first-order valence-corrected chi connectivity index (χ1v) is 2.12. The van der Waals surface area contributed by atoms with Gasteiger partial charge in [-0.05, 0) is 18.9 Å². The highest BCUT2D eigenvalue weighted by Crippen LogP contribution is 2.06. The lowest BCUT2D eigenvalue weighted by Crippen LogP contribution is -2.19. The summed E-state index contributed by atoms with van der Waals surface area (Å²) >= 11 is 0. The predicted octanol–water partition coefficient (Wildman–Crippen LogP) is 0.805. The molecular weight excluding hydrogens is 74.1 g/mol. The SMILES string of the molecule is [CH2]C(C)(C)CN. The fourth-order valence-electron chi connectivity index (χ4n) is 0. The molecule has 0 heterocycles. The van der Waals surface area contributed by atoms with E-state index >= 15 is 0 Å². The van der Waals surface area contributed by atoms with Crippen LogP contribution in [-0.4, -0.2) is 6.54 Å². The van der Waals surface area contributed by atoms with E-state index in [1.807, 2.05) is 13.8 Å². The van der Waals surface area contributed by atoms with Crippen LogP contribution in [0.2, 0.25) is 0 Å². The quantitative estimate of drug-likeness (QED) is 0.502. The van der Waals surface area contributed by atoms with Crippen LogP contribution in [0.5, 0.6) is 0 Å². The molecule has 0 aromatic heterocycles. The highest BCUT2D eigenvalue weighted by atomic mass is 14.6. The van der Waals surface area contributed by atoms with Crippen LogP contribution in [0.4, 0.5) is 0 Å². The van der Waals surface area contributed by atoms with Gasteiger partial charge < -0.3 is 5.73 Å². The van der Waals surface area contributed by atoms with Crippen molar-refractivity contribution in [2.24, 2.45) is 11.1 Å². The van der Waals surface area contributed by atoms with Crippen molar-refractivity contribution in [1.29, 1.82) is 0 Å². The molecule has 0 aromatic rings. The highest BCUT2D eigenvalue weighted by molar-refractivity contribution is 4.69. The van der Waals surface area contributed by atoms with Crippen LogP contribution in [0.1, 0.15) is 13.8 Å². The Morgan fingerprint density at radius 3 is 1.83 bits per heavy atom. The fraction of sp³-hybridized carbons (Fsp3) is 0.800. The smallest absolute Gasteiger partial charge is 0.00258 e. The zero-order valence-electron chi connectivity index (χ0n) is 4.49. The van der Waals surface area contributed by atoms with Crippen molar-refractivity contribution in [3.8, 4) is 0 Å². The standard InChI is InChI=1S/C5H12N/c1-5(2,3)4-6/h1,4,6H2,2-3H3. The van der Waals surface area contributed by atoms with E-state index in [-0.39, 0.29) is 5.41 Å². The Morgan fingerprint density at radius 1 is 1.67 bits per heavy atom. The number of hydrogen-bond donors (Lipinski definition) is 1. The minimum atomic E-state index is 0.0694. The summed E-state index contributed by atoms with van der Waals surface area (Å²) in [5.74, 6) is 0. The van der Waals surface area contributed by atoms with Gasteiger partial charge in [0.2, 0.25) is 0 Å². The maximum absolute atomic E-state index is 5.24. The summed E-state index contributed by atoms with van der Waals surface area (Å²) in [5.41, 5.74) is 5.31. The Kier molecular flexibility index (Phi) is 1.59. The number of nitrogens with two attached hydrogens (primary N) is 1. The minimum absolute atomic E-state index is 0.0694. The van der Waals surface area contributed by atoms with Crippen molar-refractivity contribution in [3.05, 3.63) is 6.92 Å². The van der Waals surface area contributed by atoms with E-state index in [0.717, 1.165) is 0 Å². The van der Waals surface area contributed by atoms with Crippen molar-refractivity contribution >= 4 is 0 Å². The molecule has 0 aliphatic rings. The van der Waals surface area contributed by atoms with Gasteiger partial charge in [-0.25, -0.2) is 0 Å². The average Bonchev–Trinajstić information content (AvgIpc) is 1.35. The van der Waals surface area contributed by atoms with Crippen LogP contribution in [0, 0.1) is 12.3 Å². The second-order valence-corrected chi connectivity index (χ2v) is 2.37. The van der Waals surface area contributed by atoms with Crippen LogP contribution >= 0.6 is 0 Å². The average molecular weight is 86.2 g/mol. The first-order valence-electron chi connectivity index (χ1n) is 2.12. The molecule has 0 bridgehead atoms. The third-order valence-corrected chi connectivity index (χ3v) is 0.553. The Balaban J connectivity index is 3.17. The molecule has 2 N–H and O–H groups in total. The highest BCUT2D eigenvalue weighted by Gasteiger charge is 2.04. The molecule has 0 saturated heterocycles. The molecule has 6 heavy (non-hydrogen) atoms. The molecule has 1 radical (unpaired) electrons. The Hall–Kier alpha value is -0.0400. The van der Waals surface area contributed by atoms with Gasteiger partial charge in [-0.3, -0.25) is 0 Å². The second-order valence-electron chi connectivity index (χ2n) is 2.37. The summed E-state index contributed by atoms with van der Waals surface area (Å²) in [6.45, 7) is 8.44. The van der Waals surface area contributed by atoms with E-state index in [1.54, 1.807) is 0 Å². The van der Waals surface area contributed by atoms with Crippen LogP contribution in [-0.2, 0) is 0 Å². The third kappa shape index (κ3) is 3.96. The molecule has 1 nitrogen and oxygen atoms in total. The zero-order chi connectivity index (χ0) is 5.21. The van der Waals surface area contributed by atoms with E-state index < -0.39 is 0 Å². The van der Waals surface area contributed by atoms with E-state index in [2.05, 4.69) is 6.92 Å². The van der Waals surface area contributed by atoms with Crippen LogP contribution in [0.3, 0.4) is 0 Å². The second kappa shape index (κ2) is 1.61. The fourth-order valence-corrected chi connectivity index (χ4v) is 0. The van der Waals surface area contributed by atoms with Gasteiger partial charge in [0.15, 0.2) is 0 Å². The Labute approximate surface area is 39.5 Å². The molecule has 0 amide bonds. The van der Waals surface area contributed by atoms with Gasteiger partial charge in [0.25, 0.3) is 0 Å². The van der Waals surface area contributed by atoms with Crippen molar-refractivity contribution in [2.75, 3.05) is 6.54 Å². The summed E-state index contributed by atoms with van der Waals surface area (Å²) < 4.78 is 0. The van der Waals surface area contributed by atoms with Gasteiger partial charge in [-0.1, -0.05) is 13.8 Å². The molecule has 37 valence electrons. The van der Waals surface area contributed by atoms with Crippen molar-refractivity contribution < 1.29 is 0 Å². The lowest BCUT2D eigenvalue weighted by Gasteiger charge is -2.12. The van der Waals surface area contributed by atoms with Gasteiger partial charge >= 0.3 is 0 Å². The van der Waals surface area contributed by atoms with E-state index in [9.17, 15) is 0 Å². The largest absolute Gasteiger partial charge is 0.330 e. The zero-order valence-corrected chi connectivity index (χ0v) is 4.49. The molecular formula is C5H12N. The topological polar surface area (TPSA) is 26.0 Å². The van der Waals surface area contributed by atoms with E-state index in [4.69, 9.17) is 5.73 Å². The summed E-state index contributed by atoms with van der Waals surface area (Å²) in [6, 6.07) is 0. The lowest BCUT2D eigenvalue weighted by atomic mass is 9.98. The summed E-state index contributed by atoms with van der Waals surface area (Å²) in [6.07, 6.45) is 0. The monoisotopic (exact) mass is 86.1 g/mol. The van der Waals surface area contributed by atoms with Crippen molar-refractivity contribution in [1.82, 2.24) is 0 Å². The molecule has 0 atom stereocenters. The first-order chi connectivity index (χ1) is 2.56. The van der Waals surface area contributed by atoms with E-state index in [1.165, 1.54) is 0 Å². The molecule has 0 saturated carbocycles. The van der Waals surface area contributed by atoms with Crippen molar-refractivity contribution in [2.45, 2.75) is 13.8 Å². The van der Waals surface area contributed by atoms with E-state index in [0.29, 0.717) is 6.54 Å². The number of rotatable bonds is 1. The maximum Gasteiger partial charge on any atom is -0.00258 e. The van der Waals surface area contributed by atoms with Gasteiger partial charge in [-0.2, -0.15) is 0 Å². The van der Waals surface area contributed by atoms with Gasteiger partial charge in [0, 0.05) is 0 Å². The summed E-state index contributed by atoms with van der Waals surface area (Å²) in [4.78, 5) is 0.